The second-order valence-electron chi connectivity index (χ2n) is 19.7. The van der Waals surface area contributed by atoms with Gasteiger partial charge < -0.3 is 9.80 Å². The normalized spacial score (nSPS) is 14.0. The quantitative estimate of drug-likeness (QED) is 0.165. The molecule has 64 heavy (non-hydrogen) atoms. The van der Waals surface area contributed by atoms with Crippen LogP contribution in [-0.2, 0) is 10.8 Å². The van der Waals surface area contributed by atoms with Gasteiger partial charge >= 0.3 is 0 Å². The lowest BCUT2D eigenvalue weighted by Crippen LogP contribution is -2.24. The van der Waals surface area contributed by atoms with Crippen molar-refractivity contribution in [2.75, 3.05) is 9.80 Å². The Morgan fingerprint density at radius 1 is 0.297 bits per heavy atom. The minimum absolute atomic E-state index is 0.218. The molecule has 0 aromatic heterocycles. The molecule has 0 atom stereocenters. The first-order chi connectivity index (χ1) is 30.7. The molecule has 11 rings (SSSR count). The minimum Gasteiger partial charge on any atom is -0.310 e. The summed E-state index contributed by atoms with van der Waals surface area (Å²) >= 11 is 0. The van der Waals surface area contributed by atoms with E-state index in [1.54, 1.807) is 0 Å². The summed E-state index contributed by atoms with van der Waals surface area (Å²) in [6.07, 6.45) is 0. The largest absolute Gasteiger partial charge is 0.310 e. The third kappa shape index (κ3) is 5.85. The molecule has 0 fully saturated rings. The van der Waals surface area contributed by atoms with Crippen molar-refractivity contribution in [1.82, 2.24) is 0 Å². The van der Waals surface area contributed by atoms with Gasteiger partial charge in [0.15, 0.2) is 0 Å². The Balaban J connectivity index is 1.02. The van der Waals surface area contributed by atoms with E-state index in [1.165, 1.54) is 111 Å². The van der Waals surface area contributed by atoms with Crippen molar-refractivity contribution < 1.29 is 0 Å². The lowest BCUT2D eigenvalue weighted by Gasteiger charge is -2.32. The smallest absolute Gasteiger partial charge is 0.0468 e. The predicted octanol–water partition coefficient (Wildman–Crippen LogP) is 17.4. The van der Waals surface area contributed by atoms with Crippen LogP contribution in [0.4, 0.5) is 34.1 Å². The molecular formula is C62H56N2. The first kappa shape index (κ1) is 39.9. The third-order valence-electron chi connectivity index (χ3n) is 15.2. The molecule has 0 unspecified atom stereocenters. The molecule has 9 aromatic rings. The Kier molecular flexibility index (Phi) is 8.92. The Morgan fingerprint density at radius 3 is 0.984 bits per heavy atom. The average molecular weight is 829 g/mol. The van der Waals surface area contributed by atoms with Gasteiger partial charge in [0.25, 0.3) is 0 Å². The highest BCUT2D eigenvalue weighted by Gasteiger charge is 2.47. The van der Waals surface area contributed by atoms with Crippen LogP contribution in [0.2, 0.25) is 0 Å². The van der Waals surface area contributed by atoms with E-state index in [-0.39, 0.29) is 10.8 Å². The van der Waals surface area contributed by atoms with Gasteiger partial charge in [0, 0.05) is 45.0 Å². The van der Waals surface area contributed by atoms with Crippen molar-refractivity contribution in [2.24, 2.45) is 0 Å². The third-order valence-corrected chi connectivity index (χ3v) is 15.2. The lowest BCUT2D eigenvalue weighted by molar-refractivity contribution is 0.606. The Hall–Kier alpha value is -6.90. The molecule has 314 valence electrons. The molecule has 0 bridgehead atoms. The fourth-order valence-electron chi connectivity index (χ4n) is 11.6. The summed E-state index contributed by atoms with van der Waals surface area (Å²) in [7, 11) is 0. The zero-order valence-corrected chi connectivity index (χ0v) is 38.9. The number of benzene rings is 9. The summed E-state index contributed by atoms with van der Waals surface area (Å²) in [6.45, 7) is 23.2. The van der Waals surface area contributed by atoms with Gasteiger partial charge in [0.2, 0.25) is 0 Å². The molecule has 0 saturated carbocycles. The molecule has 0 heterocycles. The van der Waals surface area contributed by atoms with Gasteiger partial charge in [-0.1, -0.05) is 113 Å². The van der Waals surface area contributed by atoms with Crippen molar-refractivity contribution in [3.8, 4) is 22.3 Å². The van der Waals surface area contributed by atoms with Gasteiger partial charge in [-0.15, -0.1) is 0 Å². The molecule has 0 radical (unpaired) electrons. The summed E-state index contributed by atoms with van der Waals surface area (Å²) in [5, 5.41) is 5.18. The van der Waals surface area contributed by atoms with E-state index < -0.39 is 0 Å². The minimum atomic E-state index is -0.218. The van der Waals surface area contributed by atoms with Gasteiger partial charge in [0.1, 0.15) is 0 Å². The van der Waals surface area contributed by atoms with E-state index in [1.807, 2.05) is 0 Å². The SMILES string of the molecule is Cc1cc(N(c2ccccc2)c2ccc3c4c(ccc3c2)-c2ccc3c(c2C4(C)C)C(C)(C)c2c-3ccc3cc(N(c4ccccc4)c4cc(C)c(C)c(C)c4)ccc23)cc(C)c1C. The number of anilines is 6. The van der Waals surface area contributed by atoms with E-state index in [4.69, 9.17) is 0 Å². The zero-order valence-electron chi connectivity index (χ0n) is 38.9. The van der Waals surface area contributed by atoms with Crippen LogP contribution in [-0.4, -0.2) is 0 Å². The summed E-state index contributed by atoms with van der Waals surface area (Å²) in [6, 6.07) is 59.5. The number of para-hydroxylation sites is 2. The van der Waals surface area contributed by atoms with Gasteiger partial charge in [-0.05, 0) is 214 Å². The molecular weight excluding hydrogens is 773 g/mol. The van der Waals surface area contributed by atoms with Crippen molar-refractivity contribution in [2.45, 2.75) is 80.1 Å². The predicted molar refractivity (Wildman–Crippen MR) is 274 cm³/mol. The number of hydrogen-bond donors (Lipinski definition) is 0. The van der Waals surface area contributed by atoms with E-state index >= 15 is 0 Å². The standard InChI is InChI=1S/C62H56N2/c1-37-31-49(32-38(2)41(37)5)63(45-17-13-11-14-18-45)47-23-27-51-43(35-47)21-25-53-55-29-30-56-54-26-22-44-36-48(64(46-19-15-12-16-20-46)50-33-39(3)42(6)40(4)34-50)24-28-52(44)58(54)62(9,10)60(56)59(55)61(7,8)57(51)53/h11-36H,1-10H3. The maximum absolute atomic E-state index is 2.47. The first-order valence-electron chi connectivity index (χ1n) is 22.9. The summed E-state index contributed by atoms with van der Waals surface area (Å²) in [5.74, 6) is 0. The second kappa shape index (κ2) is 14.3. The van der Waals surface area contributed by atoms with Crippen LogP contribution in [0.15, 0.2) is 158 Å². The maximum atomic E-state index is 2.47. The average Bonchev–Trinajstić information content (AvgIpc) is 3.67. The van der Waals surface area contributed by atoms with Crippen molar-refractivity contribution >= 4 is 55.7 Å². The number of hydrogen-bond acceptors (Lipinski definition) is 2. The molecule has 2 aliphatic rings. The highest BCUT2D eigenvalue weighted by atomic mass is 15.1. The molecule has 0 saturated heterocycles. The number of aryl methyl sites for hydroxylation is 4. The zero-order chi connectivity index (χ0) is 44.4. The van der Waals surface area contributed by atoms with Crippen LogP contribution in [0, 0.1) is 41.5 Å². The number of rotatable bonds is 6. The maximum Gasteiger partial charge on any atom is 0.0468 e. The van der Waals surface area contributed by atoms with Crippen LogP contribution < -0.4 is 9.80 Å². The highest BCUT2D eigenvalue weighted by Crippen LogP contribution is 2.61. The van der Waals surface area contributed by atoms with Crippen LogP contribution in [0.5, 0.6) is 0 Å². The highest BCUT2D eigenvalue weighted by molar-refractivity contribution is 6.04. The molecule has 0 amide bonds. The number of nitrogens with zero attached hydrogens (tertiary/aromatic N) is 2. The lowest BCUT2D eigenvalue weighted by atomic mass is 9.71. The van der Waals surface area contributed by atoms with E-state index in [2.05, 4.69) is 237 Å². The van der Waals surface area contributed by atoms with E-state index in [9.17, 15) is 0 Å². The fraction of sp³-hybridized carbons (Fsp3) is 0.194. The van der Waals surface area contributed by atoms with Crippen LogP contribution in [0.25, 0.3) is 43.8 Å². The van der Waals surface area contributed by atoms with Crippen molar-refractivity contribution in [1.29, 1.82) is 0 Å². The van der Waals surface area contributed by atoms with Gasteiger partial charge in [-0.25, -0.2) is 0 Å². The number of fused-ring (bicyclic) bond motifs is 11. The topological polar surface area (TPSA) is 6.48 Å². The van der Waals surface area contributed by atoms with Gasteiger partial charge in [-0.3, -0.25) is 0 Å². The molecule has 2 nitrogen and oxygen atoms in total. The monoisotopic (exact) mass is 828 g/mol. The summed E-state index contributed by atoms with van der Waals surface area (Å²) in [4.78, 5) is 4.82. The first-order valence-corrected chi connectivity index (χ1v) is 22.9. The fourth-order valence-corrected chi connectivity index (χ4v) is 11.6. The summed E-state index contributed by atoms with van der Waals surface area (Å²) in [5.41, 5.74) is 25.8. The van der Waals surface area contributed by atoms with Crippen LogP contribution >= 0.6 is 0 Å². The van der Waals surface area contributed by atoms with Crippen LogP contribution in [0.1, 0.15) is 83.3 Å². The van der Waals surface area contributed by atoms with Crippen molar-refractivity contribution in [3.05, 3.63) is 213 Å². The Bertz CT molecular complexity index is 3110. The Labute approximate surface area is 379 Å². The van der Waals surface area contributed by atoms with Gasteiger partial charge in [-0.2, -0.15) is 0 Å². The molecule has 0 spiro atoms. The molecule has 0 N–H and O–H groups in total. The molecule has 2 aliphatic carbocycles. The molecule has 9 aromatic carbocycles. The second-order valence-corrected chi connectivity index (χ2v) is 19.7. The molecule has 0 aliphatic heterocycles. The van der Waals surface area contributed by atoms with Crippen molar-refractivity contribution in [3.63, 3.8) is 0 Å². The Morgan fingerprint density at radius 2 is 0.625 bits per heavy atom. The van der Waals surface area contributed by atoms with Crippen LogP contribution in [0.3, 0.4) is 0 Å². The van der Waals surface area contributed by atoms with E-state index in [0.29, 0.717) is 0 Å². The van der Waals surface area contributed by atoms with Gasteiger partial charge in [0.05, 0.1) is 0 Å². The molecule has 2 heteroatoms. The summed E-state index contributed by atoms with van der Waals surface area (Å²) < 4.78 is 0. The van der Waals surface area contributed by atoms with E-state index in [0.717, 1.165) is 22.7 Å².